The molecule has 114 valence electrons. The topological polar surface area (TPSA) is 95.9 Å². The van der Waals surface area contributed by atoms with Crippen LogP contribution in [-0.2, 0) is 14.3 Å². The molecule has 7 heteroatoms. The summed E-state index contributed by atoms with van der Waals surface area (Å²) in [5, 5.41) is 11.7. The predicted molar refractivity (Wildman–Crippen MR) is 71.1 cm³/mol. The molecule has 1 aliphatic heterocycles. The zero-order valence-electron chi connectivity index (χ0n) is 12.3. The smallest absolute Gasteiger partial charge is 0.328 e. The fourth-order valence-corrected chi connectivity index (χ4v) is 2.40. The number of nitrogens with zero attached hydrogens (tertiary/aromatic N) is 1. The zero-order valence-corrected chi connectivity index (χ0v) is 12.3. The summed E-state index contributed by atoms with van der Waals surface area (Å²) in [6.45, 7) is 5.68. The van der Waals surface area contributed by atoms with Crippen LogP contribution in [0.15, 0.2) is 0 Å². The van der Waals surface area contributed by atoms with E-state index in [0.29, 0.717) is 13.0 Å². The Kier molecular flexibility index (Phi) is 5.35. The third kappa shape index (κ3) is 3.40. The molecule has 0 bridgehead atoms. The van der Waals surface area contributed by atoms with Crippen LogP contribution >= 0.6 is 0 Å². The van der Waals surface area contributed by atoms with Crippen molar-refractivity contribution in [2.75, 3.05) is 13.7 Å². The van der Waals surface area contributed by atoms with Gasteiger partial charge in [0.05, 0.1) is 13.0 Å². The van der Waals surface area contributed by atoms with E-state index in [0.717, 1.165) is 0 Å². The van der Waals surface area contributed by atoms with Gasteiger partial charge < -0.3 is 20.1 Å². The maximum atomic E-state index is 12.2. The van der Waals surface area contributed by atoms with Crippen LogP contribution in [0.5, 0.6) is 0 Å². The first kappa shape index (κ1) is 16.3. The van der Waals surface area contributed by atoms with E-state index in [4.69, 9.17) is 5.11 Å². The van der Waals surface area contributed by atoms with Crippen LogP contribution in [0.2, 0.25) is 0 Å². The lowest BCUT2D eigenvalue weighted by Gasteiger charge is -2.27. The average molecular weight is 286 g/mol. The van der Waals surface area contributed by atoms with Crippen LogP contribution in [0, 0.1) is 11.8 Å². The predicted octanol–water partition coefficient (Wildman–Crippen LogP) is 0.689. The number of esters is 1. The van der Waals surface area contributed by atoms with Gasteiger partial charge in [-0.25, -0.2) is 9.59 Å². The molecule has 1 rings (SSSR count). The van der Waals surface area contributed by atoms with Gasteiger partial charge in [0.1, 0.15) is 6.04 Å². The first-order chi connectivity index (χ1) is 9.29. The number of nitrogens with one attached hydrogen (secondary N) is 1. The highest BCUT2D eigenvalue weighted by atomic mass is 16.5. The summed E-state index contributed by atoms with van der Waals surface area (Å²) in [4.78, 5) is 36.3. The number of likely N-dealkylation sites (tertiary alicyclic amines) is 1. The maximum absolute atomic E-state index is 12.2. The molecular weight excluding hydrogens is 264 g/mol. The van der Waals surface area contributed by atoms with Gasteiger partial charge in [-0.2, -0.15) is 0 Å². The van der Waals surface area contributed by atoms with Gasteiger partial charge in [-0.3, -0.25) is 4.79 Å². The van der Waals surface area contributed by atoms with Crippen LogP contribution in [0.4, 0.5) is 4.79 Å². The van der Waals surface area contributed by atoms with E-state index in [9.17, 15) is 14.4 Å². The van der Waals surface area contributed by atoms with Gasteiger partial charge in [0.2, 0.25) is 0 Å². The largest absolute Gasteiger partial charge is 0.481 e. The van der Waals surface area contributed by atoms with E-state index < -0.39 is 36.0 Å². The molecule has 1 fully saturated rings. The van der Waals surface area contributed by atoms with Crippen molar-refractivity contribution < 1.29 is 24.2 Å². The second-order valence-electron chi connectivity index (χ2n) is 5.36. The number of methoxy groups -OCH3 is 1. The Morgan fingerprint density at radius 3 is 2.35 bits per heavy atom. The Bertz CT molecular complexity index is 396. The fraction of sp³-hybridized carbons (Fsp3) is 0.769. The standard InChI is InChI=1S/C13H22N2O5/c1-7(2)10(12(18)20-4)14-13(19)15-6-5-9(8(15)3)11(16)17/h7-10H,5-6H2,1-4H3,(H,14,19)(H,16,17). The molecule has 2 N–H and O–H groups in total. The van der Waals surface area contributed by atoms with Crippen molar-refractivity contribution in [2.45, 2.75) is 39.3 Å². The van der Waals surface area contributed by atoms with Crippen molar-refractivity contribution in [3.63, 3.8) is 0 Å². The van der Waals surface area contributed by atoms with Crippen LogP contribution < -0.4 is 5.32 Å². The Morgan fingerprint density at radius 1 is 1.35 bits per heavy atom. The highest BCUT2D eigenvalue weighted by Crippen LogP contribution is 2.24. The lowest BCUT2D eigenvalue weighted by molar-refractivity contribution is -0.144. The van der Waals surface area contributed by atoms with Gasteiger partial charge in [-0.05, 0) is 19.3 Å². The van der Waals surface area contributed by atoms with Crippen molar-refractivity contribution in [3.05, 3.63) is 0 Å². The number of amides is 2. The van der Waals surface area contributed by atoms with E-state index in [1.54, 1.807) is 20.8 Å². The summed E-state index contributed by atoms with van der Waals surface area (Å²) in [5.74, 6) is -2.08. The van der Waals surface area contributed by atoms with Crippen LogP contribution in [0.3, 0.4) is 0 Å². The molecule has 3 atom stereocenters. The minimum Gasteiger partial charge on any atom is -0.481 e. The molecule has 2 amide bonds. The molecular formula is C13H22N2O5. The normalized spacial score (nSPS) is 23.6. The maximum Gasteiger partial charge on any atom is 0.328 e. The quantitative estimate of drug-likeness (QED) is 0.741. The number of carbonyl (C=O) groups excluding carboxylic acids is 2. The van der Waals surface area contributed by atoms with Crippen LogP contribution in [0.25, 0.3) is 0 Å². The van der Waals surface area contributed by atoms with Crippen molar-refractivity contribution in [1.29, 1.82) is 0 Å². The molecule has 0 spiro atoms. The number of hydrogen-bond donors (Lipinski definition) is 2. The average Bonchev–Trinajstić information content (AvgIpc) is 2.76. The van der Waals surface area contributed by atoms with Gasteiger partial charge in [-0.1, -0.05) is 13.8 Å². The van der Waals surface area contributed by atoms with E-state index >= 15 is 0 Å². The first-order valence-corrected chi connectivity index (χ1v) is 6.67. The fourth-order valence-electron chi connectivity index (χ4n) is 2.40. The summed E-state index contributed by atoms with van der Waals surface area (Å²) in [7, 11) is 1.27. The number of hydrogen-bond acceptors (Lipinski definition) is 4. The lowest BCUT2D eigenvalue weighted by Crippen LogP contribution is -2.52. The molecule has 3 unspecified atom stereocenters. The summed E-state index contributed by atoms with van der Waals surface area (Å²) in [6.07, 6.45) is 0.425. The van der Waals surface area contributed by atoms with Crippen molar-refractivity contribution in [2.24, 2.45) is 11.8 Å². The zero-order chi connectivity index (χ0) is 15.4. The third-order valence-electron chi connectivity index (χ3n) is 3.73. The monoisotopic (exact) mass is 286 g/mol. The van der Waals surface area contributed by atoms with E-state index in [1.165, 1.54) is 12.0 Å². The lowest BCUT2D eigenvalue weighted by atomic mass is 10.0. The SMILES string of the molecule is COC(=O)C(NC(=O)N1CCC(C(=O)O)C1C)C(C)C. The van der Waals surface area contributed by atoms with E-state index in [-0.39, 0.29) is 5.92 Å². The molecule has 7 nitrogen and oxygen atoms in total. The number of carboxylic acids is 1. The molecule has 1 heterocycles. The molecule has 1 aliphatic rings. The van der Waals surface area contributed by atoms with Crippen LogP contribution in [0.1, 0.15) is 27.2 Å². The number of urea groups is 1. The highest BCUT2D eigenvalue weighted by Gasteiger charge is 2.39. The minimum absolute atomic E-state index is 0.112. The number of aliphatic carboxylic acids is 1. The number of carboxylic acid groups (broad SMARTS) is 1. The Balaban J connectivity index is 2.71. The summed E-state index contributed by atoms with van der Waals surface area (Å²) in [5.41, 5.74) is 0. The van der Waals surface area contributed by atoms with Gasteiger partial charge in [-0.15, -0.1) is 0 Å². The summed E-state index contributed by atoms with van der Waals surface area (Å²) >= 11 is 0. The molecule has 0 aliphatic carbocycles. The van der Waals surface area contributed by atoms with Gasteiger partial charge in [0.15, 0.2) is 0 Å². The Morgan fingerprint density at radius 2 is 1.95 bits per heavy atom. The Labute approximate surface area is 118 Å². The van der Waals surface area contributed by atoms with E-state index in [2.05, 4.69) is 10.1 Å². The third-order valence-corrected chi connectivity index (χ3v) is 3.73. The second-order valence-corrected chi connectivity index (χ2v) is 5.36. The van der Waals surface area contributed by atoms with E-state index in [1.807, 2.05) is 0 Å². The second kappa shape index (κ2) is 6.58. The van der Waals surface area contributed by atoms with Crippen LogP contribution in [-0.4, -0.2) is 53.7 Å². The highest BCUT2D eigenvalue weighted by molar-refractivity contribution is 5.84. The molecule has 0 aromatic rings. The molecule has 0 radical (unpaired) electrons. The molecule has 20 heavy (non-hydrogen) atoms. The van der Waals surface area contributed by atoms with Crippen molar-refractivity contribution in [1.82, 2.24) is 10.2 Å². The molecule has 0 aromatic heterocycles. The number of rotatable bonds is 4. The van der Waals surface area contributed by atoms with Crippen molar-refractivity contribution >= 4 is 18.0 Å². The number of carbonyl (C=O) groups is 3. The molecule has 0 aromatic carbocycles. The number of ether oxygens (including phenoxy) is 1. The van der Waals surface area contributed by atoms with Gasteiger partial charge in [0.25, 0.3) is 0 Å². The minimum atomic E-state index is -0.902. The summed E-state index contributed by atoms with van der Waals surface area (Å²) in [6, 6.07) is -1.55. The van der Waals surface area contributed by atoms with Gasteiger partial charge in [0, 0.05) is 12.6 Å². The molecule has 1 saturated heterocycles. The first-order valence-electron chi connectivity index (χ1n) is 6.67. The van der Waals surface area contributed by atoms with Gasteiger partial charge >= 0.3 is 18.0 Å². The van der Waals surface area contributed by atoms with Crippen molar-refractivity contribution in [3.8, 4) is 0 Å². The summed E-state index contributed by atoms with van der Waals surface area (Å²) < 4.78 is 4.66. The molecule has 0 saturated carbocycles. The Hall–Kier alpha value is -1.79.